The molecule has 1 aliphatic heterocycles. The van der Waals surface area contributed by atoms with E-state index < -0.39 is 0 Å². The third-order valence-corrected chi connectivity index (χ3v) is 9.81. The zero-order chi connectivity index (χ0) is 11.9. The number of hydrogen-bond donors (Lipinski definition) is 0. The first-order chi connectivity index (χ1) is 7.52. The molecule has 0 unspecified atom stereocenters. The molecule has 0 radical (unpaired) electrons. The van der Waals surface area contributed by atoms with E-state index in [1.165, 1.54) is 16.3 Å². The number of rotatable bonds is 0. The highest BCUT2D eigenvalue weighted by Crippen LogP contribution is 2.39. The van der Waals surface area contributed by atoms with Crippen LogP contribution in [0.5, 0.6) is 5.75 Å². The van der Waals surface area contributed by atoms with Crippen LogP contribution in [0.3, 0.4) is 0 Å². The second kappa shape index (κ2) is 5.72. The molecule has 0 amide bonds. The van der Waals surface area contributed by atoms with Gasteiger partial charge < -0.3 is 4.74 Å². The summed E-state index contributed by atoms with van der Waals surface area (Å²) in [6.45, 7) is 0. The van der Waals surface area contributed by atoms with Crippen molar-refractivity contribution in [2.24, 2.45) is 0 Å². The molecule has 0 atom stereocenters. The third-order valence-electron chi connectivity index (χ3n) is 2.34. The van der Waals surface area contributed by atoms with Crippen LogP contribution in [-0.4, -0.2) is 5.97 Å². The Morgan fingerprint density at radius 1 is 0.875 bits per heavy atom. The maximum absolute atomic E-state index is 11.5. The molecule has 1 aromatic rings. The van der Waals surface area contributed by atoms with Gasteiger partial charge in [-0.05, 0) is 103 Å². The minimum Gasteiger partial charge on any atom is -0.425 e. The van der Waals surface area contributed by atoms with Gasteiger partial charge in [0, 0.05) is 22.7 Å². The molecule has 0 spiro atoms. The average molecular weight is 666 g/mol. The van der Waals surface area contributed by atoms with Gasteiger partial charge in [0.05, 0.1) is 3.57 Å². The van der Waals surface area contributed by atoms with E-state index in [1.54, 1.807) is 0 Å². The topological polar surface area (TPSA) is 26.3 Å². The van der Waals surface area contributed by atoms with Crippen LogP contribution in [0.2, 0.25) is 0 Å². The smallest absolute Gasteiger partial charge is 0.311 e. The van der Waals surface area contributed by atoms with Crippen molar-refractivity contribution in [2.45, 2.75) is 19.3 Å². The molecule has 1 heterocycles. The van der Waals surface area contributed by atoms with Crippen molar-refractivity contribution in [2.75, 3.05) is 0 Å². The highest BCUT2D eigenvalue weighted by Gasteiger charge is 2.24. The third kappa shape index (κ3) is 2.63. The van der Waals surface area contributed by atoms with Gasteiger partial charge in [-0.2, -0.15) is 0 Å². The summed E-state index contributed by atoms with van der Waals surface area (Å²) in [4.78, 5) is 11.5. The van der Waals surface area contributed by atoms with Crippen LogP contribution in [0.4, 0.5) is 0 Å². The van der Waals surface area contributed by atoms with Crippen molar-refractivity contribution >= 4 is 96.3 Å². The summed E-state index contributed by atoms with van der Waals surface area (Å²) in [7, 11) is 0. The summed E-state index contributed by atoms with van der Waals surface area (Å²) in [6, 6.07) is 0. The highest BCUT2D eigenvalue weighted by molar-refractivity contribution is 14.1. The summed E-state index contributed by atoms with van der Waals surface area (Å²) in [5.41, 5.74) is 1.20. The molecule has 86 valence electrons. The highest BCUT2D eigenvalue weighted by atomic mass is 127. The molecule has 0 bridgehead atoms. The molecular formula is C10H6I4O2. The molecular weight excluding hydrogens is 660 g/mol. The number of fused-ring (bicyclic) bond motifs is 1. The van der Waals surface area contributed by atoms with Crippen LogP contribution < -0.4 is 4.74 Å². The average Bonchev–Trinajstić information content (AvgIpc) is 2.45. The van der Waals surface area contributed by atoms with E-state index in [0.717, 1.165) is 22.2 Å². The van der Waals surface area contributed by atoms with Gasteiger partial charge in [-0.25, -0.2) is 0 Å². The quantitative estimate of drug-likeness (QED) is 0.136. The van der Waals surface area contributed by atoms with E-state index in [1.807, 2.05) is 0 Å². The van der Waals surface area contributed by atoms with E-state index in [0.29, 0.717) is 6.42 Å². The lowest BCUT2D eigenvalue weighted by atomic mass is 10.1. The molecule has 6 heteroatoms. The number of ether oxygens (including phenoxy) is 1. The van der Waals surface area contributed by atoms with Gasteiger partial charge in [0.15, 0.2) is 0 Å². The maximum atomic E-state index is 11.5. The summed E-state index contributed by atoms with van der Waals surface area (Å²) >= 11 is 9.28. The Labute approximate surface area is 148 Å². The molecule has 0 fully saturated rings. The largest absolute Gasteiger partial charge is 0.425 e. The minimum atomic E-state index is -0.107. The molecule has 0 saturated carbocycles. The number of esters is 1. The van der Waals surface area contributed by atoms with Gasteiger partial charge in [-0.1, -0.05) is 0 Å². The van der Waals surface area contributed by atoms with Crippen LogP contribution in [0.1, 0.15) is 18.4 Å². The van der Waals surface area contributed by atoms with Crippen molar-refractivity contribution in [1.82, 2.24) is 0 Å². The van der Waals surface area contributed by atoms with Crippen LogP contribution in [0.25, 0.3) is 0 Å². The molecule has 1 aliphatic rings. The van der Waals surface area contributed by atoms with Gasteiger partial charge in [0.1, 0.15) is 5.75 Å². The monoisotopic (exact) mass is 666 g/mol. The van der Waals surface area contributed by atoms with E-state index >= 15 is 0 Å². The standard InChI is InChI=1S/C10H6I4O2/c11-6-4-2-1-3-5(15)16-10(4)9(14)8(13)7(6)12/h1-3H2. The fraction of sp³-hybridized carbons (Fsp3) is 0.300. The summed E-state index contributed by atoms with van der Waals surface area (Å²) < 4.78 is 10.2. The Morgan fingerprint density at radius 3 is 2.19 bits per heavy atom. The minimum absolute atomic E-state index is 0.107. The number of hydrogen-bond acceptors (Lipinski definition) is 2. The lowest BCUT2D eigenvalue weighted by Gasteiger charge is -2.14. The second-order valence-corrected chi connectivity index (χ2v) is 7.71. The number of benzene rings is 1. The van der Waals surface area contributed by atoms with E-state index in [9.17, 15) is 4.79 Å². The number of carbonyl (C=O) groups is 1. The van der Waals surface area contributed by atoms with Crippen molar-refractivity contribution in [3.63, 3.8) is 0 Å². The normalized spacial score (nSPS) is 15.4. The Balaban J connectivity index is 2.68. The van der Waals surface area contributed by atoms with Gasteiger partial charge in [-0.3, -0.25) is 4.79 Å². The zero-order valence-electron chi connectivity index (χ0n) is 7.95. The number of halogens is 4. The lowest BCUT2D eigenvalue weighted by molar-refractivity contribution is -0.134. The van der Waals surface area contributed by atoms with Crippen molar-refractivity contribution < 1.29 is 9.53 Å². The lowest BCUT2D eigenvalue weighted by Crippen LogP contribution is -2.08. The zero-order valence-corrected chi connectivity index (χ0v) is 16.6. The van der Waals surface area contributed by atoms with Crippen LogP contribution in [-0.2, 0) is 11.2 Å². The molecule has 0 N–H and O–H groups in total. The molecule has 0 aromatic heterocycles. The SMILES string of the molecule is O=C1CCCc2c(I)c(I)c(I)c(I)c2O1. The Kier molecular flexibility index (Phi) is 5.01. The fourth-order valence-corrected chi connectivity index (χ4v) is 5.19. The van der Waals surface area contributed by atoms with E-state index in [4.69, 9.17) is 4.74 Å². The molecule has 1 aromatic carbocycles. The first-order valence-electron chi connectivity index (χ1n) is 4.58. The van der Waals surface area contributed by atoms with Crippen LogP contribution in [0, 0.1) is 14.3 Å². The van der Waals surface area contributed by atoms with Crippen LogP contribution in [0.15, 0.2) is 0 Å². The molecule has 0 saturated heterocycles. The fourth-order valence-electron chi connectivity index (χ4n) is 1.56. The summed E-state index contributed by atoms with van der Waals surface area (Å²) in [6.07, 6.45) is 2.34. The van der Waals surface area contributed by atoms with Crippen molar-refractivity contribution in [1.29, 1.82) is 0 Å². The predicted molar refractivity (Wildman–Crippen MR) is 95.9 cm³/mol. The van der Waals surface area contributed by atoms with Gasteiger partial charge in [0.25, 0.3) is 0 Å². The van der Waals surface area contributed by atoms with Crippen LogP contribution >= 0.6 is 90.4 Å². The van der Waals surface area contributed by atoms with Crippen molar-refractivity contribution in [3.05, 3.63) is 19.8 Å². The Bertz CT molecular complexity index is 471. The molecule has 2 rings (SSSR count). The van der Waals surface area contributed by atoms with Gasteiger partial charge in [0.2, 0.25) is 0 Å². The van der Waals surface area contributed by atoms with E-state index in [2.05, 4.69) is 90.4 Å². The first kappa shape index (κ1) is 14.0. The molecule has 2 nitrogen and oxygen atoms in total. The van der Waals surface area contributed by atoms with Crippen molar-refractivity contribution in [3.8, 4) is 5.75 Å². The second-order valence-electron chi connectivity index (χ2n) is 3.39. The first-order valence-corrected chi connectivity index (χ1v) is 8.89. The predicted octanol–water partition coefficient (Wildman–Crippen LogP) is 4.35. The number of carbonyl (C=O) groups excluding carboxylic acids is 1. The Hall–Kier alpha value is 1.61. The van der Waals surface area contributed by atoms with E-state index in [-0.39, 0.29) is 5.97 Å². The maximum Gasteiger partial charge on any atom is 0.311 e. The summed E-state index contributed by atoms with van der Waals surface area (Å²) in [5, 5.41) is 0. The summed E-state index contributed by atoms with van der Waals surface area (Å²) in [5.74, 6) is 0.682. The van der Waals surface area contributed by atoms with Gasteiger partial charge in [-0.15, -0.1) is 0 Å². The van der Waals surface area contributed by atoms with Gasteiger partial charge >= 0.3 is 5.97 Å². The molecule has 16 heavy (non-hydrogen) atoms. The Morgan fingerprint density at radius 2 is 1.50 bits per heavy atom. The molecule has 0 aliphatic carbocycles.